The number of H-pyrrole nitrogens is 1. The highest BCUT2D eigenvalue weighted by Crippen LogP contribution is 2.23. The van der Waals surface area contributed by atoms with Crippen molar-refractivity contribution in [3.63, 3.8) is 0 Å². The van der Waals surface area contributed by atoms with Gasteiger partial charge in [0.2, 0.25) is 0 Å². The molecule has 0 radical (unpaired) electrons. The fourth-order valence-electron chi connectivity index (χ4n) is 2.48. The summed E-state index contributed by atoms with van der Waals surface area (Å²) >= 11 is 11.6. The zero-order chi connectivity index (χ0) is 15.5. The van der Waals surface area contributed by atoms with Gasteiger partial charge in [0.15, 0.2) is 4.77 Å². The monoisotopic (exact) mass is 329 g/mol. The Morgan fingerprint density at radius 2 is 1.86 bits per heavy atom. The minimum atomic E-state index is 0.591. The van der Waals surface area contributed by atoms with Crippen LogP contribution in [0.4, 0.5) is 0 Å². The molecule has 0 saturated carbocycles. The van der Waals surface area contributed by atoms with Crippen LogP contribution in [0.25, 0.3) is 5.69 Å². The third-order valence-corrected chi connectivity index (χ3v) is 4.39. The molecule has 0 unspecified atom stereocenters. The molecule has 0 fully saturated rings. The molecular formula is C17H16ClN3S. The van der Waals surface area contributed by atoms with E-state index >= 15 is 0 Å². The number of nitrogens with one attached hydrogen (secondary N) is 1. The zero-order valence-electron chi connectivity index (χ0n) is 12.2. The number of halogens is 1. The Hall–Kier alpha value is -1.91. The van der Waals surface area contributed by atoms with Crippen LogP contribution in [0.2, 0.25) is 5.02 Å². The predicted molar refractivity (Wildman–Crippen MR) is 92.3 cm³/mol. The van der Waals surface area contributed by atoms with Gasteiger partial charge in [-0.25, -0.2) is 0 Å². The molecule has 3 nitrogen and oxygen atoms in total. The lowest BCUT2D eigenvalue weighted by atomic mass is 10.1. The molecule has 0 saturated heterocycles. The maximum atomic E-state index is 6.23. The first-order valence-corrected chi connectivity index (χ1v) is 7.91. The average Bonchev–Trinajstić information content (AvgIpc) is 2.90. The van der Waals surface area contributed by atoms with E-state index in [1.165, 1.54) is 5.56 Å². The van der Waals surface area contributed by atoms with Crippen molar-refractivity contribution < 1.29 is 0 Å². The summed E-state index contributed by atoms with van der Waals surface area (Å²) in [4.78, 5) is 0. The van der Waals surface area contributed by atoms with Crippen LogP contribution in [-0.2, 0) is 12.8 Å². The van der Waals surface area contributed by atoms with E-state index < -0.39 is 0 Å². The Kier molecular flexibility index (Phi) is 4.41. The first kappa shape index (κ1) is 15.0. The molecule has 0 aliphatic heterocycles. The van der Waals surface area contributed by atoms with Gasteiger partial charge in [-0.3, -0.25) is 9.67 Å². The van der Waals surface area contributed by atoms with Crippen molar-refractivity contribution in [1.82, 2.24) is 14.8 Å². The van der Waals surface area contributed by atoms with Crippen LogP contribution in [0, 0.1) is 11.7 Å². The Labute approximate surface area is 139 Å². The van der Waals surface area contributed by atoms with E-state index in [9.17, 15) is 0 Å². The second kappa shape index (κ2) is 6.46. The van der Waals surface area contributed by atoms with Gasteiger partial charge in [-0.15, -0.1) is 0 Å². The van der Waals surface area contributed by atoms with Crippen molar-refractivity contribution in [3.8, 4) is 5.69 Å². The lowest BCUT2D eigenvalue weighted by Gasteiger charge is -2.11. The lowest BCUT2D eigenvalue weighted by Crippen LogP contribution is -2.05. The normalized spacial score (nSPS) is 10.8. The number of hydrogen-bond donors (Lipinski definition) is 1. The number of hydrogen-bond acceptors (Lipinski definition) is 2. The molecule has 3 rings (SSSR count). The summed E-state index contributed by atoms with van der Waals surface area (Å²) in [6.07, 6.45) is 1.73. The molecule has 0 amide bonds. The van der Waals surface area contributed by atoms with E-state index in [2.05, 4.69) is 22.3 Å². The summed E-state index contributed by atoms with van der Waals surface area (Å²) in [6.45, 7) is 1.99. The van der Waals surface area contributed by atoms with Crippen molar-refractivity contribution in [3.05, 3.63) is 75.3 Å². The standard InChI is InChI=1S/C17H16ClN3S/c1-12-14(18)8-5-9-15(12)21-16(19-20-17(21)22)11-10-13-6-3-2-4-7-13/h2-9H,10-11H2,1H3,(H,20,22). The highest BCUT2D eigenvalue weighted by molar-refractivity contribution is 7.71. The van der Waals surface area contributed by atoms with Crippen LogP contribution < -0.4 is 0 Å². The number of aromatic amines is 1. The van der Waals surface area contributed by atoms with Gasteiger partial charge < -0.3 is 0 Å². The highest BCUT2D eigenvalue weighted by Gasteiger charge is 2.12. The number of benzene rings is 2. The molecule has 0 atom stereocenters. The summed E-state index contributed by atoms with van der Waals surface area (Å²) in [5, 5.41) is 8.00. The molecule has 0 spiro atoms. The topological polar surface area (TPSA) is 33.6 Å². The predicted octanol–water partition coefficient (Wildman–Crippen LogP) is 4.68. The third kappa shape index (κ3) is 2.98. The number of nitrogens with zero attached hydrogens (tertiary/aromatic N) is 2. The summed E-state index contributed by atoms with van der Waals surface area (Å²) in [5.74, 6) is 0.916. The van der Waals surface area contributed by atoms with Crippen molar-refractivity contribution >= 4 is 23.8 Å². The molecule has 0 bridgehead atoms. The van der Waals surface area contributed by atoms with Crippen molar-refractivity contribution in [1.29, 1.82) is 0 Å². The van der Waals surface area contributed by atoms with Gasteiger partial charge >= 0.3 is 0 Å². The number of aromatic nitrogens is 3. The Balaban J connectivity index is 1.94. The SMILES string of the molecule is Cc1c(Cl)cccc1-n1c(CCc2ccccc2)n[nH]c1=S. The quantitative estimate of drug-likeness (QED) is 0.705. The van der Waals surface area contributed by atoms with Gasteiger partial charge in [-0.2, -0.15) is 5.10 Å². The molecule has 1 N–H and O–H groups in total. The highest BCUT2D eigenvalue weighted by atomic mass is 35.5. The van der Waals surface area contributed by atoms with E-state index in [-0.39, 0.29) is 0 Å². The lowest BCUT2D eigenvalue weighted by molar-refractivity contribution is 0.817. The average molecular weight is 330 g/mol. The third-order valence-electron chi connectivity index (χ3n) is 3.70. The minimum absolute atomic E-state index is 0.591. The van der Waals surface area contributed by atoms with Gasteiger partial charge in [0, 0.05) is 11.4 Å². The van der Waals surface area contributed by atoms with Crippen molar-refractivity contribution in [2.75, 3.05) is 0 Å². The molecule has 22 heavy (non-hydrogen) atoms. The first-order valence-electron chi connectivity index (χ1n) is 7.12. The molecular weight excluding hydrogens is 314 g/mol. The van der Waals surface area contributed by atoms with Crippen molar-refractivity contribution in [2.45, 2.75) is 19.8 Å². The van der Waals surface area contributed by atoms with Crippen LogP contribution in [0.3, 0.4) is 0 Å². The summed E-state index contributed by atoms with van der Waals surface area (Å²) in [5.41, 5.74) is 3.27. The molecule has 1 aromatic heterocycles. The molecule has 0 aliphatic carbocycles. The summed E-state index contributed by atoms with van der Waals surface area (Å²) in [7, 11) is 0. The molecule has 0 aliphatic rings. The molecule has 2 aromatic carbocycles. The van der Waals surface area contributed by atoms with Crippen LogP contribution in [0.15, 0.2) is 48.5 Å². The van der Waals surface area contributed by atoms with Crippen molar-refractivity contribution in [2.24, 2.45) is 0 Å². The Morgan fingerprint density at radius 1 is 1.09 bits per heavy atom. The largest absolute Gasteiger partial charge is 0.272 e. The minimum Gasteiger partial charge on any atom is -0.272 e. The smallest absolute Gasteiger partial charge is 0.199 e. The van der Waals surface area contributed by atoms with Gasteiger partial charge in [0.05, 0.1) is 5.69 Å². The van der Waals surface area contributed by atoms with E-state index in [0.717, 1.165) is 34.9 Å². The number of rotatable bonds is 4. The fourth-order valence-corrected chi connectivity index (χ4v) is 2.90. The zero-order valence-corrected chi connectivity index (χ0v) is 13.8. The molecule has 5 heteroatoms. The van der Waals surface area contributed by atoms with Gasteiger partial charge in [0.1, 0.15) is 5.82 Å². The second-order valence-electron chi connectivity index (χ2n) is 5.15. The van der Waals surface area contributed by atoms with Gasteiger partial charge in [-0.05, 0) is 48.8 Å². The van der Waals surface area contributed by atoms with Crippen LogP contribution in [0.5, 0.6) is 0 Å². The first-order chi connectivity index (χ1) is 10.7. The van der Waals surface area contributed by atoms with E-state index in [1.54, 1.807) is 0 Å². The Morgan fingerprint density at radius 3 is 2.64 bits per heavy atom. The van der Waals surface area contributed by atoms with E-state index in [0.29, 0.717) is 4.77 Å². The van der Waals surface area contributed by atoms with Crippen LogP contribution in [0.1, 0.15) is 17.0 Å². The fraction of sp³-hybridized carbons (Fsp3) is 0.176. The number of aryl methyl sites for hydroxylation is 2. The second-order valence-corrected chi connectivity index (χ2v) is 5.94. The summed E-state index contributed by atoms with van der Waals surface area (Å²) < 4.78 is 2.56. The molecule has 112 valence electrons. The van der Waals surface area contributed by atoms with Gasteiger partial charge in [-0.1, -0.05) is 48.0 Å². The maximum Gasteiger partial charge on any atom is 0.199 e. The van der Waals surface area contributed by atoms with E-state index in [1.807, 2.05) is 47.9 Å². The molecule has 1 heterocycles. The summed E-state index contributed by atoms with van der Waals surface area (Å²) in [6, 6.07) is 16.2. The van der Waals surface area contributed by atoms with Gasteiger partial charge in [0.25, 0.3) is 0 Å². The maximum absolute atomic E-state index is 6.23. The Bertz CT molecular complexity index is 837. The molecule has 3 aromatic rings. The van der Waals surface area contributed by atoms with Crippen LogP contribution >= 0.6 is 23.8 Å². The van der Waals surface area contributed by atoms with Crippen LogP contribution in [-0.4, -0.2) is 14.8 Å². The van der Waals surface area contributed by atoms with E-state index in [4.69, 9.17) is 23.8 Å².